The van der Waals surface area contributed by atoms with Gasteiger partial charge in [0.1, 0.15) is 5.84 Å². The molecule has 0 fully saturated rings. The highest BCUT2D eigenvalue weighted by atomic mass is 35.5. The summed E-state index contributed by atoms with van der Waals surface area (Å²) in [6.07, 6.45) is 94.4. The molecule has 0 bridgehead atoms. The lowest BCUT2D eigenvalue weighted by molar-refractivity contribution is -0.0116. The van der Waals surface area contributed by atoms with E-state index in [9.17, 15) is 5.11 Å². The van der Waals surface area contributed by atoms with E-state index < -0.39 is 5.60 Å². The molecule has 0 aromatic rings. The molecule has 1 N–H and O–H groups in total. The summed E-state index contributed by atoms with van der Waals surface area (Å²) in [7, 11) is 0. The number of nitrogens with zero attached hydrogens (tertiary/aromatic N) is 2. The number of hydrogen-bond donors (Lipinski definition) is 1. The van der Waals surface area contributed by atoms with Crippen molar-refractivity contribution in [3.05, 3.63) is 85.1 Å². The first-order valence-corrected chi connectivity index (χ1v) is 35.0. The van der Waals surface area contributed by atoms with Crippen LogP contribution >= 0.6 is 12.4 Å². The van der Waals surface area contributed by atoms with E-state index in [0.717, 1.165) is 77.0 Å². The quantitative estimate of drug-likeness (QED) is 0.0487. The topological polar surface area (TPSA) is 35.8 Å². The smallest absolute Gasteiger partial charge is 0.104 e. The van der Waals surface area contributed by atoms with Crippen molar-refractivity contribution in [2.24, 2.45) is 4.99 Å². The second-order valence-electron chi connectivity index (χ2n) is 24.6. The Hall–Kier alpha value is -2.10. The van der Waals surface area contributed by atoms with Gasteiger partial charge in [-0.2, -0.15) is 0 Å². The Kier molecular flexibility index (Phi) is 54.9. The second kappa shape index (κ2) is 56.4. The summed E-state index contributed by atoms with van der Waals surface area (Å²) in [4.78, 5) is 9.06. The van der Waals surface area contributed by atoms with E-state index in [1.165, 1.54) is 231 Å². The van der Waals surface area contributed by atoms with Crippen molar-refractivity contribution in [1.29, 1.82) is 0 Å². The molecule has 0 aliphatic carbocycles. The molecule has 0 aromatic carbocycles. The third-order valence-corrected chi connectivity index (χ3v) is 17.1. The highest BCUT2D eigenvalue weighted by molar-refractivity contribution is 5.88. The summed E-state index contributed by atoms with van der Waals surface area (Å²) in [5.74, 6) is 1.21. The van der Waals surface area contributed by atoms with Crippen LogP contribution in [-0.2, 0) is 0 Å². The molecule has 460 valence electrons. The molecule has 79 heavy (non-hydrogen) atoms. The minimum atomic E-state index is -0.933. The van der Waals surface area contributed by atoms with E-state index in [1.54, 1.807) is 0 Å². The zero-order chi connectivity index (χ0) is 56.6. The van der Waals surface area contributed by atoms with E-state index in [4.69, 9.17) is 4.99 Å². The predicted octanol–water partition coefficient (Wildman–Crippen LogP) is 25.5. The number of amidine groups is 1. The van der Waals surface area contributed by atoms with Crippen molar-refractivity contribution in [1.82, 2.24) is 4.90 Å². The maximum atomic E-state index is 13.6. The van der Waals surface area contributed by atoms with Crippen molar-refractivity contribution >= 4 is 18.2 Å². The van der Waals surface area contributed by atoms with Gasteiger partial charge in [-0.1, -0.05) is 313 Å². The molecule has 3 nitrogen and oxygen atoms in total. The Labute approximate surface area is 502 Å². The van der Waals surface area contributed by atoms with Crippen LogP contribution in [0.5, 0.6) is 0 Å². The van der Waals surface area contributed by atoms with Crippen molar-refractivity contribution in [3.63, 3.8) is 0 Å². The Balaban J connectivity index is 0.0000608. The van der Waals surface area contributed by atoms with Gasteiger partial charge in [0.2, 0.25) is 0 Å². The summed E-state index contributed by atoms with van der Waals surface area (Å²) in [6.45, 7) is 16.8. The molecule has 0 spiro atoms. The SMILES string of the molecule is CCCCCCC/C=C/CC1=NC(C/C=C/CCCCCCC)(C/C=C/CCCCCCC)C(C/C=C/CCCCCCC)(C/C=C/CCCCCCC)N1CC(O)(C/C=C/CCCCCCC)C/C=C/CCCCCCC.Cl. The largest absolute Gasteiger partial charge is 0.387 e. The molecule has 4 heteroatoms. The maximum Gasteiger partial charge on any atom is 0.104 e. The highest BCUT2D eigenvalue weighted by Gasteiger charge is 2.58. The van der Waals surface area contributed by atoms with Crippen LogP contribution < -0.4 is 0 Å². The number of rotatable bonds is 58. The van der Waals surface area contributed by atoms with Gasteiger partial charge in [0.25, 0.3) is 0 Å². The van der Waals surface area contributed by atoms with Crippen LogP contribution in [0.25, 0.3) is 0 Å². The molecular weight excluding hydrogens is 980 g/mol. The number of β-amino-alcohol motifs (C(OH)–C–C–N with tert-alkyl or cyclic N) is 1. The van der Waals surface area contributed by atoms with E-state index >= 15 is 0 Å². The van der Waals surface area contributed by atoms with Gasteiger partial charge in [-0.25, -0.2) is 0 Å². The molecule has 0 saturated heterocycles. The van der Waals surface area contributed by atoms with Crippen LogP contribution in [-0.4, -0.2) is 39.1 Å². The lowest BCUT2D eigenvalue weighted by Crippen LogP contribution is -2.62. The van der Waals surface area contributed by atoms with Gasteiger partial charge in [0, 0.05) is 13.0 Å². The zero-order valence-corrected chi connectivity index (χ0v) is 55.0. The van der Waals surface area contributed by atoms with Gasteiger partial charge in [-0.05, 0) is 128 Å². The van der Waals surface area contributed by atoms with Crippen LogP contribution in [0.15, 0.2) is 90.1 Å². The molecule has 0 unspecified atom stereocenters. The van der Waals surface area contributed by atoms with E-state index in [2.05, 4.69) is 138 Å². The van der Waals surface area contributed by atoms with Gasteiger partial charge in [0.15, 0.2) is 0 Å². The highest BCUT2D eigenvalue weighted by Crippen LogP contribution is 2.51. The lowest BCUT2D eigenvalue weighted by Gasteiger charge is -2.51. The monoisotopic (exact) mass is 1120 g/mol. The molecule has 0 amide bonds. The number of aliphatic imine (C=N–C) groups is 1. The molecule has 0 saturated carbocycles. The Bertz CT molecular complexity index is 1470. The van der Waals surface area contributed by atoms with Crippen LogP contribution in [0.4, 0.5) is 0 Å². The first-order valence-electron chi connectivity index (χ1n) is 35.0. The van der Waals surface area contributed by atoms with Gasteiger partial charge in [-0.3, -0.25) is 4.99 Å². The molecule has 0 atom stereocenters. The third kappa shape index (κ3) is 39.1. The van der Waals surface area contributed by atoms with Crippen LogP contribution in [0.3, 0.4) is 0 Å². The van der Waals surface area contributed by atoms with Gasteiger partial charge in [-0.15, -0.1) is 12.4 Å². The Morgan fingerprint density at radius 3 is 0.873 bits per heavy atom. The van der Waals surface area contributed by atoms with Gasteiger partial charge in [0.05, 0.1) is 16.7 Å². The first-order chi connectivity index (χ1) is 38.4. The predicted molar refractivity (Wildman–Crippen MR) is 362 cm³/mol. The van der Waals surface area contributed by atoms with Gasteiger partial charge < -0.3 is 10.0 Å². The molecule has 0 aromatic heterocycles. The van der Waals surface area contributed by atoms with Gasteiger partial charge >= 0.3 is 0 Å². The van der Waals surface area contributed by atoms with Crippen LogP contribution in [0.2, 0.25) is 0 Å². The van der Waals surface area contributed by atoms with Crippen molar-refractivity contribution < 1.29 is 5.11 Å². The fourth-order valence-corrected chi connectivity index (χ4v) is 11.8. The fourth-order valence-electron chi connectivity index (χ4n) is 11.8. The third-order valence-electron chi connectivity index (χ3n) is 17.1. The first kappa shape index (κ1) is 76.9. The van der Waals surface area contributed by atoms with Crippen LogP contribution in [0.1, 0.15) is 363 Å². The summed E-state index contributed by atoms with van der Waals surface area (Å²) in [6, 6.07) is 0. The standard InChI is InChI=1S/C75H136N2O.ClH/c1-8-15-22-29-36-43-50-57-64-72-76-74(67-60-53-46-39-32-25-18-11-4,68-61-54-47-40-33-26-19-12-5)75(69-62-55-48-41-34-27-20-13-6,70-63-56-49-42-35-28-21-14-7)77(72)71-73(78,65-58-51-44-37-30-23-16-9-2)66-59-52-45-38-31-24-17-10-3;/h50-63,78H,8-49,64-71H2,1-7H3;1H/b57-50+,58-51+,59-52+,60-53+,61-54+,62-55+,63-56+;. The number of unbranched alkanes of at least 4 members (excludes halogenated alkanes) is 35. The molecule has 1 aliphatic rings. The minimum Gasteiger partial charge on any atom is -0.387 e. The van der Waals surface area contributed by atoms with Crippen LogP contribution in [0, 0.1) is 0 Å². The lowest BCUT2D eigenvalue weighted by atomic mass is 9.67. The van der Waals surface area contributed by atoms with E-state index in [-0.39, 0.29) is 23.5 Å². The average Bonchev–Trinajstić information content (AvgIpc) is 3.98. The van der Waals surface area contributed by atoms with E-state index in [1.807, 2.05) is 0 Å². The summed E-state index contributed by atoms with van der Waals surface area (Å²) in [5.41, 5.74) is -1.66. The summed E-state index contributed by atoms with van der Waals surface area (Å²) < 4.78 is 0. The maximum absolute atomic E-state index is 13.6. The van der Waals surface area contributed by atoms with E-state index in [0.29, 0.717) is 19.4 Å². The molecule has 1 heterocycles. The second-order valence-corrected chi connectivity index (χ2v) is 24.6. The molecule has 1 rings (SSSR count). The summed E-state index contributed by atoms with van der Waals surface area (Å²) in [5, 5.41) is 13.6. The number of aliphatic hydroxyl groups is 1. The average molecular weight is 1120 g/mol. The molecular formula is C75H137ClN2O. The normalized spacial score (nSPS) is 14.9. The van der Waals surface area contributed by atoms with Crippen molar-refractivity contribution in [2.75, 3.05) is 6.54 Å². The number of hydrogen-bond acceptors (Lipinski definition) is 3. The Morgan fingerprint density at radius 1 is 0.329 bits per heavy atom. The Morgan fingerprint density at radius 2 is 0.582 bits per heavy atom. The molecule has 0 radical (unpaired) electrons. The number of halogens is 1. The summed E-state index contributed by atoms with van der Waals surface area (Å²) >= 11 is 0. The van der Waals surface area contributed by atoms with Crippen molar-refractivity contribution in [2.45, 2.75) is 380 Å². The minimum absolute atomic E-state index is 0. The zero-order valence-electron chi connectivity index (χ0n) is 54.2. The molecule has 1 aliphatic heterocycles. The van der Waals surface area contributed by atoms with Crippen molar-refractivity contribution in [3.8, 4) is 0 Å². The fraction of sp³-hybridized carbons (Fsp3) is 0.800. The number of allylic oxidation sites excluding steroid dienone is 7.